The Labute approximate surface area is 385 Å². The van der Waals surface area contributed by atoms with Crippen molar-refractivity contribution in [1.29, 1.82) is 0 Å². The SMILES string of the molecule is [O-][S+]1C[C@H]2CC[C@H](CC2)C[S+]([O-])C[C@H]2CC[C@H](CC2)C[S+]([O-])C[C@H]2CC[C@H](CC2)C[S@+]([O-])C[C@@H]2CC[C@@H](CC2)C[S+]([O-])C[C@@H]2CC[C@@H](CC2)C[S+]([O-])C[C@@H]2CC[C@@H](CC2)C1. The van der Waals surface area contributed by atoms with Gasteiger partial charge in [0.1, 0.15) is 69.0 Å². The van der Waals surface area contributed by atoms with Gasteiger partial charge in [0, 0.05) is 71.0 Å². The lowest BCUT2D eigenvalue weighted by molar-refractivity contribution is 0.295. The molecule has 0 spiro atoms. The normalized spacial score (nSPS) is 47.1. The molecular formula is C48H84O6S6. The van der Waals surface area contributed by atoms with Crippen LogP contribution in [0.1, 0.15) is 154 Å². The van der Waals surface area contributed by atoms with E-state index in [1.165, 1.54) is 0 Å². The van der Waals surface area contributed by atoms with Crippen molar-refractivity contribution in [2.45, 2.75) is 154 Å². The second kappa shape index (κ2) is 25.8. The fourth-order valence-electron chi connectivity index (χ4n) is 13.0. The first-order chi connectivity index (χ1) is 29.1. The first-order valence-electron chi connectivity index (χ1n) is 25.2. The molecule has 0 radical (unpaired) electrons. The first kappa shape index (κ1) is 49.8. The summed E-state index contributed by atoms with van der Waals surface area (Å²) >= 11 is -4.54. The Kier molecular flexibility index (Phi) is 21.4. The fraction of sp³-hybridized carbons (Fsp3) is 1.00. The molecule has 12 bridgehead atoms. The van der Waals surface area contributed by atoms with Crippen LogP contribution in [-0.4, -0.2) is 96.4 Å². The van der Waals surface area contributed by atoms with Gasteiger partial charge in [-0.2, -0.15) is 0 Å². The van der Waals surface area contributed by atoms with E-state index in [1.807, 2.05) is 0 Å². The second-order valence-electron chi connectivity index (χ2n) is 22.0. The molecule has 0 aromatic carbocycles. The van der Waals surface area contributed by atoms with Gasteiger partial charge >= 0.3 is 0 Å². The average molecular weight is 950 g/mol. The van der Waals surface area contributed by atoms with Crippen molar-refractivity contribution in [2.24, 2.45) is 71.0 Å². The van der Waals surface area contributed by atoms with Gasteiger partial charge in [0.2, 0.25) is 0 Å². The van der Waals surface area contributed by atoms with Crippen molar-refractivity contribution in [3.63, 3.8) is 0 Å². The van der Waals surface area contributed by atoms with E-state index in [2.05, 4.69) is 0 Å². The van der Waals surface area contributed by atoms with Crippen molar-refractivity contribution in [3.8, 4) is 0 Å². The Morgan fingerprint density at radius 1 is 0.150 bits per heavy atom. The summed E-state index contributed by atoms with van der Waals surface area (Å²) in [4.78, 5) is 0. The summed E-state index contributed by atoms with van der Waals surface area (Å²) < 4.78 is 79.8. The molecule has 12 heteroatoms. The van der Waals surface area contributed by atoms with Crippen LogP contribution in [0.3, 0.4) is 0 Å². The molecule has 16 rings (SSSR count). The van der Waals surface area contributed by atoms with Crippen molar-refractivity contribution in [2.75, 3.05) is 69.0 Å². The van der Waals surface area contributed by atoms with E-state index in [0.717, 1.165) is 223 Å². The standard InChI is InChI=1S/C48H84O6S6/c49-55-25-37-1-2-38(4-3-37)26-56(50)28-40-9-11-42(12-10-40)30-58(52)32-44-17-19-46(20-18-44)34-60(54)36-48-23-21-47(22-24-48)35-59(53)33-45-15-13-43(14-16-45)31-57(51)29-41-7-5-39(27-55)6-8-41/h37-48H,1-36H2/t37-,38+,39-,40-,41+,42+,43-,44-,45+,46+,47-,48+,55-,56?,57?,58?,59?,60?. The lowest BCUT2D eigenvalue weighted by Crippen LogP contribution is -2.33. The van der Waals surface area contributed by atoms with Gasteiger partial charge in [0.05, 0.1) is 0 Å². The van der Waals surface area contributed by atoms with E-state index < -0.39 is 67.1 Å². The quantitative estimate of drug-likeness (QED) is 0.222. The molecule has 348 valence electrons. The zero-order chi connectivity index (χ0) is 41.8. The maximum absolute atomic E-state index is 13.3. The Balaban J connectivity index is 0.851. The Morgan fingerprint density at radius 2 is 0.217 bits per heavy atom. The molecule has 10 saturated heterocycles. The highest BCUT2D eigenvalue weighted by molar-refractivity contribution is 7.92. The molecule has 16 aliphatic rings. The summed E-state index contributed by atoms with van der Waals surface area (Å²) in [6.07, 6.45) is 27.3. The maximum atomic E-state index is 13.3. The summed E-state index contributed by atoms with van der Waals surface area (Å²) in [5, 5.41) is 0. The van der Waals surface area contributed by atoms with Crippen LogP contribution >= 0.6 is 0 Å². The monoisotopic (exact) mass is 948 g/mol. The van der Waals surface area contributed by atoms with Crippen LogP contribution in [0, 0.1) is 71.0 Å². The van der Waals surface area contributed by atoms with Crippen LogP contribution in [-0.2, 0) is 67.1 Å². The third-order valence-electron chi connectivity index (χ3n) is 16.9. The zero-order valence-electron chi connectivity index (χ0n) is 37.3. The summed E-state index contributed by atoms with van der Waals surface area (Å²) in [7, 11) is 0. The molecule has 6 saturated carbocycles. The number of hydrogen-bond acceptors (Lipinski definition) is 6. The smallest absolute Gasteiger partial charge is 0.108 e. The van der Waals surface area contributed by atoms with Crippen LogP contribution in [0.5, 0.6) is 0 Å². The summed E-state index contributed by atoms with van der Waals surface area (Å²) in [5.74, 6) is 16.8. The molecule has 0 atom stereocenters. The van der Waals surface area contributed by atoms with E-state index in [1.54, 1.807) is 0 Å². The van der Waals surface area contributed by atoms with Gasteiger partial charge in [-0.25, -0.2) is 0 Å². The predicted octanol–water partition coefficient (Wildman–Crippen LogP) is 9.33. The molecular weight excluding hydrogens is 865 g/mol. The third kappa shape index (κ3) is 17.2. The first-order valence-corrected chi connectivity index (χ1v) is 34.1. The van der Waals surface area contributed by atoms with Crippen LogP contribution < -0.4 is 0 Å². The van der Waals surface area contributed by atoms with Gasteiger partial charge in [-0.05, 0) is 154 Å². The Morgan fingerprint density at radius 3 is 0.283 bits per heavy atom. The van der Waals surface area contributed by atoms with Gasteiger partial charge in [-0.3, -0.25) is 0 Å². The molecule has 60 heavy (non-hydrogen) atoms. The van der Waals surface area contributed by atoms with Crippen LogP contribution in [0.4, 0.5) is 0 Å². The molecule has 16 fully saturated rings. The number of hydrogen-bond donors (Lipinski definition) is 0. The van der Waals surface area contributed by atoms with Crippen molar-refractivity contribution in [1.82, 2.24) is 0 Å². The van der Waals surface area contributed by atoms with Gasteiger partial charge < -0.3 is 27.3 Å². The zero-order valence-corrected chi connectivity index (χ0v) is 42.2. The largest absolute Gasteiger partial charge is 0.616 e. The van der Waals surface area contributed by atoms with E-state index in [-0.39, 0.29) is 0 Å². The average Bonchev–Trinajstić information content (AvgIpc) is 3.22. The molecule has 0 N–H and O–H groups in total. The molecule has 6 nitrogen and oxygen atoms in total. The van der Waals surface area contributed by atoms with E-state index >= 15 is 0 Å². The minimum Gasteiger partial charge on any atom is -0.616 e. The second-order valence-corrected chi connectivity index (χ2v) is 31.2. The van der Waals surface area contributed by atoms with Gasteiger partial charge in [0.25, 0.3) is 0 Å². The summed E-state index contributed by atoms with van der Waals surface area (Å²) in [6.45, 7) is 0. The minimum absolute atomic E-state index is 0.554. The lowest BCUT2D eigenvalue weighted by Gasteiger charge is -2.33. The number of rotatable bonds is 0. The molecule has 0 aromatic heterocycles. The third-order valence-corrected chi connectivity index (χ3v) is 27.0. The Hall–Kier alpha value is 1.86. The Bertz CT molecular complexity index is 859. The van der Waals surface area contributed by atoms with E-state index in [9.17, 15) is 27.3 Å². The maximum Gasteiger partial charge on any atom is 0.108 e. The summed E-state index contributed by atoms with van der Waals surface area (Å²) in [6, 6.07) is 0. The predicted molar refractivity (Wildman–Crippen MR) is 260 cm³/mol. The van der Waals surface area contributed by atoms with Crippen molar-refractivity contribution >= 4 is 67.1 Å². The molecule has 0 unspecified atom stereocenters. The summed E-state index contributed by atoms with van der Waals surface area (Å²) in [5.41, 5.74) is 0. The van der Waals surface area contributed by atoms with Crippen molar-refractivity contribution < 1.29 is 27.3 Å². The van der Waals surface area contributed by atoms with Crippen LogP contribution in [0.15, 0.2) is 0 Å². The van der Waals surface area contributed by atoms with E-state index in [0.29, 0.717) is 71.0 Å². The van der Waals surface area contributed by atoms with Gasteiger partial charge in [-0.15, -0.1) is 0 Å². The molecule has 6 aliphatic carbocycles. The highest BCUT2D eigenvalue weighted by Crippen LogP contribution is 2.39. The topological polar surface area (TPSA) is 138 Å². The van der Waals surface area contributed by atoms with E-state index in [4.69, 9.17) is 0 Å². The minimum atomic E-state index is -0.757. The van der Waals surface area contributed by atoms with Crippen LogP contribution in [0.2, 0.25) is 0 Å². The van der Waals surface area contributed by atoms with Crippen LogP contribution in [0.25, 0.3) is 0 Å². The van der Waals surface area contributed by atoms with Gasteiger partial charge in [0.15, 0.2) is 0 Å². The lowest BCUT2D eigenvalue weighted by atomic mass is 9.83. The fourth-order valence-corrected chi connectivity index (χ4v) is 24.1. The molecule has 10 heterocycles. The van der Waals surface area contributed by atoms with Gasteiger partial charge in [-0.1, -0.05) is 67.1 Å². The highest BCUT2D eigenvalue weighted by Gasteiger charge is 2.36. The molecule has 0 aromatic rings. The molecule has 0 amide bonds. The molecule has 10 aliphatic heterocycles. The highest BCUT2D eigenvalue weighted by atomic mass is 32.2. The van der Waals surface area contributed by atoms with Crippen molar-refractivity contribution in [3.05, 3.63) is 0 Å².